The van der Waals surface area contributed by atoms with E-state index in [1.807, 2.05) is 33.8 Å². The van der Waals surface area contributed by atoms with Gasteiger partial charge in [0.15, 0.2) is 11.6 Å². The summed E-state index contributed by atoms with van der Waals surface area (Å²) < 4.78 is 5.68. The van der Waals surface area contributed by atoms with Gasteiger partial charge in [0.2, 0.25) is 0 Å². The van der Waals surface area contributed by atoms with E-state index in [1.165, 1.54) is 0 Å². The smallest absolute Gasteiger partial charge is 0.312 e. The summed E-state index contributed by atoms with van der Waals surface area (Å²) in [5.41, 5.74) is -4.38. The number of nitriles is 1. The normalized spacial score (nSPS) is 42.0. The first-order valence-electron chi connectivity index (χ1n) is 15.5. The van der Waals surface area contributed by atoms with Crippen molar-refractivity contribution in [1.82, 2.24) is 0 Å². The molecule has 0 aromatic carbocycles. The summed E-state index contributed by atoms with van der Waals surface area (Å²) in [5, 5.41) is 22.9. The lowest BCUT2D eigenvalue weighted by atomic mass is 9.34. The van der Waals surface area contributed by atoms with Gasteiger partial charge in [-0.1, -0.05) is 73.8 Å². The molecule has 4 aliphatic carbocycles. The molecule has 1 N–H and O–H groups in total. The van der Waals surface area contributed by atoms with Crippen molar-refractivity contribution in [2.24, 2.45) is 38.9 Å². The van der Waals surface area contributed by atoms with E-state index in [2.05, 4.69) is 33.8 Å². The van der Waals surface area contributed by atoms with Gasteiger partial charge in [-0.2, -0.15) is 5.26 Å². The minimum atomic E-state index is -1.73. The first kappa shape index (κ1) is 30.7. The number of ketones is 2. The van der Waals surface area contributed by atoms with Crippen molar-refractivity contribution in [2.75, 3.05) is 6.61 Å². The van der Waals surface area contributed by atoms with Crippen LogP contribution in [-0.2, 0) is 19.1 Å². The summed E-state index contributed by atoms with van der Waals surface area (Å²) in [6.45, 7) is 16.4. The molecule has 7 atom stereocenters. The molecule has 0 aromatic rings. The third-order valence-electron chi connectivity index (χ3n) is 12.3. The van der Waals surface area contributed by atoms with Crippen molar-refractivity contribution in [3.05, 3.63) is 23.3 Å². The van der Waals surface area contributed by atoms with E-state index in [0.29, 0.717) is 25.7 Å². The molecule has 0 amide bonds. The zero-order valence-electron chi connectivity index (χ0n) is 25.9. The van der Waals surface area contributed by atoms with Gasteiger partial charge in [0.05, 0.1) is 17.6 Å². The summed E-state index contributed by atoms with van der Waals surface area (Å²) in [6.07, 6.45) is 9.64. The number of allylic oxidation sites excluding steroid dienone is 3. The molecule has 40 heavy (non-hydrogen) atoms. The number of esters is 1. The van der Waals surface area contributed by atoms with Crippen LogP contribution in [0.3, 0.4) is 0 Å². The predicted molar refractivity (Wildman–Crippen MR) is 154 cm³/mol. The van der Waals surface area contributed by atoms with Crippen LogP contribution in [0.4, 0.5) is 0 Å². The topological polar surface area (TPSA) is 104 Å². The predicted octanol–water partition coefficient (Wildman–Crippen LogP) is 6.66. The Balaban J connectivity index is 1.97. The van der Waals surface area contributed by atoms with E-state index in [4.69, 9.17) is 4.74 Å². The second kappa shape index (κ2) is 9.93. The Hall–Kier alpha value is -2.26. The number of aliphatic hydroxyl groups is 1. The number of hydrogen-bond acceptors (Lipinski definition) is 6. The van der Waals surface area contributed by atoms with Crippen LogP contribution in [0.25, 0.3) is 0 Å². The molecule has 4 rings (SSSR count). The van der Waals surface area contributed by atoms with Crippen molar-refractivity contribution >= 4 is 17.5 Å². The summed E-state index contributed by atoms with van der Waals surface area (Å²) in [5.74, 6) is -1.38. The number of fused-ring (bicyclic) bond motifs is 5. The molecule has 6 heteroatoms. The second-order valence-electron chi connectivity index (χ2n) is 14.3. The Morgan fingerprint density at radius 3 is 2.33 bits per heavy atom. The van der Waals surface area contributed by atoms with Crippen LogP contribution < -0.4 is 0 Å². The summed E-state index contributed by atoms with van der Waals surface area (Å²) in [6, 6.07) is 2.14. The van der Waals surface area contributed by atoms with Gasteiger partial charge in [-0.15, -0.1) is 0 Å². The minimum Gasteiger partial charge on any atom is -0.466 e. The van der Waals surface area contributed by atoms with Crippen molar-refractivity contribution in [3.8, 4) is 6.07 Å². The lowest BCUT2D eigenvalue weighted by Crippen LogP contribution is -2.74. The molecule has 4 aliphatic rings. The number of carbonyl (C=O) groups is 3. The number of carbonyl (C=O) groups excluding carboxylic acids is 3. The van der Waals surface area contributed by atoms with Gasteiger partial charge in [0, 0.05) is 22.2 Å². The molecular formula is C34H49NO5. The molecule has 0 aliphatic heterocycles. The lowest BCUT2D eigenvalue weighted by molar-refractivity contribution is -0.238. The Morgan fingerprint density at radius 2 is 1.75 bits per heavy atom. The van der Waals surface area contributed by atoms with Crippen molar-refractivity contribution in [2.45, 2.75) is 119 Å². The SMILES string of the molecule is CCCC[C@]1(C(=O)OCC)CC[C@@]2(C)[C@]3(C)CC[C@H]4C(C)(C)C(=O)C(C#N)=C[C@]4(C)C3=CC(=O)[C@]2(O)C1CCC. The molecule has 0 heterocycles. The largest absolute Gasteiger partial charge is 0.466 e. The lowest BCUT2D eigenvalue weighted by Gasteiger charge is -2.70. The minimum absolute atomic E-state index is 0.0651. The monoisotopic (exact) mass is 551 g/mol. The number of rotatable bonds is 7. The molecule has 220 valence electrons. The molecule has 1 unspecified atom stereocenters. The third kappa shape index (κ3) is 3.65. The number of nitrogens with zero attached hydrogens (tertiary/aromatic N) is 1. The van der Waals surface area contributed by atoms with Crippen molar-refractivity contribution in [1.29, 1.82) is 5.26 Å². The molecule has 0 aromatic heterocycles. The van der Waals surface area contributed by atoms with Gasteiger partial charge in [0.25, 0.3) is 0 Å². The highest BCUT2D eigenvalue weighted by Crippen LogP contribution is 2.74. The van der Waals surface area contributed by atoms with Gasteiger partial charge in [0.1, 0.15) is 11.7 Å². The Kier molecular flexibility index (Phi) is 7.62. The highest BCUT2D eigenvalue weighted by Gasteiger charge is 2.75. The third-order valence-corrected chi connectivity index (χ3v) is 12.3. The van der Waals surface area contributed by atoms with Gasteiger partial charge >= 0.3 is 5.97 Å². The summed E-state index contributed by atoms with van der Waals surface area (Å²) >= 11 is 0. The molecule has 0 radical (unpaired) electrons. The Morgan fingerprint density at radius 1 is 1.07 bits per heavy atom. The van der Waals surface area contributed by atoms with Crippen LogP contribution >= 0.6 is 0 Å². The number of hydrogen-bond donors (Lipinski definition) is 1. The highest BCUT2D eigenvalue weighted by atomic mass is 16.5. The fraction of sp³-hybridized carbons (Fsp3) is 0.765. The summed E-state index contributed by atoms with van der Waals surface area (Å²) in [7, 11) is 0. The maximum atomic E-state index is 14.5. The van der Waals surface area contributed by atoms with Crippen molar-refractivity contribution < 1.29 is 24.2 Å². The fourth-order valence-corrected chi connectivity index (χ4v) is 9.97. The summed E-state index contributed by atoms with van der Waals surface area (Å²) in [4.78, 5) is 41.6. The standard InChI is InChI=1S/C34H49NO5/c1-9-12-15-33(28(38)40-11-3)18-17-32(8)31(7)16-14-23-29(4,5)27(37)22(21-35)20-30(23,6)25(31)19-26(36)34(32,39)24(33)13-10-2/h19-20,23-24,39H,9-18H2,1-8H3/t23-,24?,30-,31+,32-,33-,34+/m0/s1. The average Bonchev–Trinajstić information content (AvgIpc) is 2.90. The maximum absolute atomic E-state index is 14.5. The van der Waals surface area contributed by atoms with Crippen LogP contribution in [0.5, 0.6) is 0 Å². The van der Waals surface area contributed by atoms with E-state index in [-0.39, 0.29) is 35.6 Å². The number of Topliss-reactive ketones (excluding diaryl/α,β-unsaturated/α-hetero) is 1. The van der Waals surface area contributed by atoms with Gasteiger partial charge in [-0.05, 0) is 68.4 Å². The highest BCUT2D eigenvalue weighted by molar-refractivity contribution is 6.05. The molecular weight excluding hydrogens is 502 g/mol. The molecule has 2 fully saturated rings. The van der Waals surface area contributed by atoms with Crippen LogP contribution in [0, 0.1) is 50.2 Å². The first-order chi connectivity index (χ1) is 18.6. The van der Waals surface area contributed by atoms with Crippen molar-refractivity contribution in [3.63, 3.8) is 0 Å². The zero-order chi connectivity index (χ0) is 29.9. The van der Waals surface area contributed by atoms with E-state index in [9.17, 15) is 24.8 Å². The van der Waals surface area contributed by atoms with Crippen LogP contribution in [0.15, 0.2) is 23.3 Å². The average molecular weight is 552 g/mol. The number of unbranched alkanes of at least 4 members (excludes halogenated alkanes) is 1. The maximum Gasteiger partial charge on any atom is 0.312 e. The fourth-order valence-electron chi connectivity index (χ4n) is 9.97. The van der Waals surface area contributed by atoms with Gasteiger partial charge in [-0.3, -0.25) is 14.4 Å². The molecule has 0 bridgehead atoms. The Bertz CT molecular complexity index is 1210. The zero-order valence-corrected chi connectivity index (χ0v) is 25.9. The quantitative estimate of drug-likeness (QED) is 0.355. The van der Waals surface area contributed by atoms with E-state index in [1.54, 1.807) is 6.08 Å². The van der Waals surface area contributed by atoms with E-state index < -0.39 is 38.6 Å². The molecule has 0 spiro atoms. The van der Waals surface area contributed by atoms with E-state index >= 15 is 0 Å². The molecule has 0 saturated heterocycles. The van der Waals surface area contributed by atoms with E-state index in [0.717, 1.165) is 37.7 Å². The van der Waals surface area contributed by atoms with Gasteiger partial charge < -0.3 is 9.84 Å². The Labute approximate surface area is 240 Å². The molecule has 2 saturated carbocycles. The number of ether oxygens (including phenoxy) is 1. The first-order valence-corrected chi connectivity index (χ1v) is 15.5. The molecule has 6 nitrogen and oxygen atoms in total. The van der Waals surface area contributed by atoms with Gasteiger partial charge in [-0.25, -0.2) is 0 Å². The van der Waals surface area contributed by atoms with Crippen LogP contribution in [-0.4, -0.2) is 34.9 Å². The second-order valence-corrected chi connectivity index (χ2v) is 14.3. The van der Waals surface area contributed by atoms with Crippen LogP contribution in [0.1, 0.15) is 113 Å². The van der Waals surface area contributed by atoms with Crippen LogP contribution in [0.2, 0.25) is 0 Å².